The van der Waals surface area contributed by atoms with Crippen LogP contribution in [0.3, 0.4) is 0 Å². The molecule has 9 heteroatoms. The first-order chi connectivity index (χ1) is 16.8. The molecule has 2 aliphatic rings. The van der Waals surface area contributed by atoms with E-state index in [1.54, 1.807) is 40.7 Å². The van der Waals surface area contributed by atoms with Crippen molar-refractivity contribution in [1.82, 2.24) is 9.88 Å². The van der Waals surface area contributed by atoms with E-state index < -0.39 is 9.84 Å². The third-order valence-electron chi connectivity index (χ3n) is 6.91. The van der Waals surface area contributed by atoms with Gasteiger partial charge in [0.2, 0.25) is 5.91 Å². The number of aromatic nitrogens is 1. The van der Waals surface area contributed by atoms with Crippen LogP contribution in [0.25, 0.3) is 0 Å². The zero-order chi connectivity index (χ0) is 24.6. The average Bonchev–Trinajstić information content (AvgIpc) is 3.48. The molecule has 3 heterocycles. The number of anilines is 1. The number of hydrogen-bond donors (Lipinski definition) is 0. The van der Waals surface area contributed by atoms with E-state index in [0.717, 1.165) is 48.6 Å². The maximum absolute atomic E-state index is 13.4. The van der Waals surface area contributed by atoms with Crippen LogP contribution in [0.4, 0.5) is 5.69 Å². The first-order valence-corrected chi connectivity index (χ1v) is 14.7. The fraction of sp³-hybridized carbons (Fsp3) is 0.385. The number of hydrogen-bond acceptors (Lipinski definition) is 6. The number of sulfone groups is 1. The quantitative estimate of drug-likeness (QED) is 0.446. The zero-order valence-electron chi connectivity index (χ0n) is 19.6. The molecule has 1 amide bonds. The zero-order valence-corrected chi connectivity index (χ0v) is 22.0. The molecule has 0 bridgehead atoms. The molecule has 0 radical (unpaired) electrons. The lowest BCUT2D eigenvalue weighted by Gasteiger charge is -2.36. The molecular formula is C26H28ClN3O3S2. The Balaban J connectivity index is 1.27. The van der Waals surface area contributed by atoms with Gasteiger partial charge in [0.1, 0.15) is 10.8 Å². The highest BCUT2D eigenvalue weighted by molar-refractivity contribution is 7.90. The summed E-state index contributed by atoms with van der Waals surface area (Å²) in [6.07, 6.45) is 4.52. The predicted molar refractivity (Wildman–Crippen MR) is 140 cm³/mol. The Bertz CT molecular complexity index is 1290. The van der Waals surface area contributed by atoms with Crippen LogP contribution in [0, 0.1) is 6.92 Å². The van der Waals surface area contributed by atoms with Crippen molar-refractivity contribution in [3.63, 3.8) is 0 Å². The minimum Gasteiger partial charge on any atom is -0.311 e. The van der Waals surface area contributed by atoms with Gasteiger partial charge < -0.3 is 4.90 Å². The number of carbonyl (C=O) groups is 1. The van der Waals surface area contributed by atoms with Crippen LogP contribution in [-0.4, -0.2) is 49.9 Å². The van der Waals surface area contributed by atoms with E-state index in [9.17, 15) is 13.2 Å². The molecule has 1 aromatic heterocycles. The van der Waals surface area contributed by atoms with Crippen molar-refractivity contribution in [3.05, 3.63) is 75.2 Å². The number of piperidine rings is 1. The van der Waals surface area contributed by atoms with Crippen molar-refractivity contribution >= 4 is 44.4 Å². The number of carbonyl (C=O) groups excluding carboxylic acids is 1. The molecule has 5 rings (SSSR count). The van der Waals surface area contributed by atoms with Gasteiger partial charge in [0.15, 0.2) is 9.84 Å². The van der Waals surface area contributed by atoms with Crippen LogP contribution < -0.4 is 4.90 Å². The normalized spacial score (nSPS) is 21.5. The smallest absolute Gasteiger partial charge is 0.244 e. The number of aryl methyl sites for hydroxylation is 1. The minimum atomic E-state index is -3.48. The number of thiazole rings is 1. The van der Waals surface area contributed by atoms with Crippen LogP contribution in [0.5, 0.6) is 0 Å². The second kappa shape index (κ2) is 10.0. The van der Waals surface area contributed by atoms with Gasteiger partial charge in [-0.25, -0.2) is 13.4 Å². The lowest BCUT2D eigenvalue weighted by Crippen LogP contribution is -2.46. The van der Waals surface area contributed by atoms with Gasteiger partial charge in [-0.2, -0.15) is 0 Å². The highest BCUT2D eigenvalue weighted by Gasteiger charge is 2.38. The minimum absolute atomic E-state index is 0.0892. The summed E-state index contributed by atoms with van der Waals surface area (Å²) in [5.74, 6) is 0.341. The van der Waals surface area contributed by atoms with E-state index in [1.165, 1.54) is 16.9 Å². The van der Waals surface area contributed by atoms with Gasteiger partial charge in [-0.1, -0.05) is 17.7 Å². The van der Waals surface area contributed by atoms with Gasteiger partial charge >= 0.3 is 0 Å². The molecule has 0 spiro atoms. The third-order valence-corrected chi connectivity index (χ3v) is 9.74. The van der Waals surface area contributed by atoms with Crippen molar-refractivity contribution in [2.24, 2.45) is 0 Å². The summed E-state index contributed by atoms with van der Waals surface area (Å²) in [7, 11) is -3.48. The molecule has 6 nitrogen and oxygen atoms in total. The first kappa shape index (κ1) is 24.4. The molecule has 2 saturated heterocycles. The summed E-state index contributed by atoms with van der Waals surface area (Å²) in [5, 5.41) is 3.10. The van der Waals surface area contributed by atoms with Crippen LogP contribution in [0.15, 0.2) is 58.9 Å². The Morgan fingerprint density at radius 2 is 1.91 bits per heavy atom. The van der Waals surface area contributed by atoms with Gasteiger partial charge in [0, 0.05) is 35.4 Å². The van der Waals surface area contributed by atoms with E-state index in [0.29, 0.717) is 17.5 Å². The summed E-state index contributed by atoms with van der Waals surface area (Å²) in [6, 6.07) is 12.7. The second-order valence-corrected chi connectivity index (χ2v) is 12.8. The first-order valence-electron chi connectivity index (χ1n) is 11.8. The van der Waals surface area contributed by atoms with E-state index in [2.05, 4.69) is 28.9 Å². The maximum Gasteiger partial charge on any atom is 0.244 e. The fourth-order valence-electron chi connectivity index (χ4n) is 5.23. The fourth-order valence-corrected chi connectivity index (χ4v) is 7.78. The average molecular weight is 530 g/mol. The van der Waals surface area contributed by atoms with Crippen molar-refractivity contribution in [2.45, 2.75) is 48.8 Å². The van der Waals surface area contributed by atoms with Crippen LogP contribution in [-0.2, 0) is 20.4 Å². The number of nitrogens with zero attached hydrogens (tertiary/aromatic N) is 3. The molecule has 2 fully saturated rings. The second-order valence-electron chi connectivity index (χ2n) is 9.37. The topological polar surface area (TPSA) is 70.6 Å². The molecular weight excluding hydrogens is 502 g/mol. The largest absolute Gasteiger partial charge is 0.311 e. The molecule has 0 saturated carbocycles. The molecule has 0 aliphatic carbocycles. The Morgan fingerprint density at radius 3 is 2.63 bits per heavy atom. The van der Waals surface area contributed by atoms with E-state index in [-0.39, 0.29) is 22.6 Å². The SMILES string of the molecule is Cc1cc(Cl)cc([C@@H]2CCCN([C@H]3CCN(c4ccc(S(=O)(=O)Cc5nccs5)cc4)C3=O)C2)c1. The van der Waals surface area contributed by atoms with Crippen molar-refractivity contribution in [1.29, 1.82) is 0 Å². The van der Waals surface area contributed by atoms with E-state index in [4.69, 9.17) is 11.6 Å². The molecule has 2 aromatic carbocycles. The number of rotatable bonds is 6. The Labute approximate surface area is 215 Å². The summed E-state index contributed by atoms with van der Waals surface area (Å²) in [6.45, 7) is 4.45. The van der Waals surface area contributed by atoms with E-state index >= 15 is 0 Å². The highest BCUT2D eigenvalue weighted by Crippen LogP contribution is 2.33. The van der Waals surface area contributed by atoms with Crippen LogP contribution in [0.1, 0.15) is 41.3 Å². The van der Waals surface area contributed by atoms with Crippen molar-refractivity contribution in [3.8, 4) is 0 Å². The van der Waals surface area contributed by atoms with Gasteiger partial charge in [-0.05, 0) is 86.2 Å². The number of benzene rings is 2. The summed E-state index contributed by atoms with van der Waals surface area (Å²) >= 11 is 7.63. The number of amides is 1. The van der Waals surface area contributed by atoms with E-state index in [1.807, 2.05) is 6.07 Å². The number of likely N-dealkylation sites (tertiary alicyclic amines) is 1. The van der Waals surface area contributed by atoms with Gasteiger partial charge in [0.05, 0.1) is 10.9 Å². The van der Waals surface area contributed by atoms with Gasteiger partial charge in [-0.15, -0.1) is 11.3 Å². The molecule has 35 heavy (non-hydrogen) atoms. The summed E-state index contributed by atoms with van der Waals surface area (Å²) in [5.41, 5.74) is 3.14. The van der Waals surface area contributed by atoms with Crippen molar-refractivity contribution in [2.75, 3.05) is 24.5 Å². The summed E-state index contributed by atoms with van der Waals surface area (Å²) in [4.78, 5) is 21.8. The molecule has 184 valence electrons. The molecule has 3 aromatic rings. The molecule has 0 N–H and O–H groups in total. The lowest BCUT2D eigenvalue weighted by atomic mass is 9.89. The van der Waals surface area contributed by atoms with Crippen LogP contribution in [0.2, 0.25) is 5.02 Å². The Morgan fingerprint density at radius 1 is 1.11 bits per heavy atom. The molecule has 0 unspecified atom stereocenters. The molecule has 2 aliphatic heterocycles. The van der Waals surface area contributed by atoms with Crippen LogP contribution >= 0.6 is 22.9 Å². The maximum atomic E-state index is 13.4. The van der Waals surface area contributed by atoms with Gasteiger partial charge in [0.25, 0.3) is 0 Å². The molecule has 2 atom stereocenters. The van der Waals surface area contributed by atoms with Crippen molar-refractivity contribution < 1.29 is 13.2 Å². The third kappa shape index (κ3) is 5.31. The standard InChI is InChI=1S/C26H28ClN3O3S2/c1-18-13-20(15-21(27)14-18)19-3-2-10-29(16-19)24-8-11-30(26(24)31)22-4-6-23(7-5-22)35(32,33)17-25-28-9-12-34-25/h4-7,9,12-15,19,24H,2-3,8,10-11,16-17H2,1H3/t19-,24+/m1/s1. The monoisotopic (exact) mass is 529 g/mol. The van der Waals surface area contributed by atoms with Gasteiger partial charge in [-0.3, -0.25) is 9.69 Å². The predicted octanol–water partition coefficient (Wildman–Crippen LogP) is 5.06. The Hall–Kier alpha value is -2.26. The summed E-state index contributed by atoms with van der Waals surface area (Å²) < 4.78 is 25.4. The lowest BCUT2D eigenvalue weighted by molar-refractivity contribution is -0.122. The Kier molecular flexibility index (Phi) is 6.99. The number of halogens is 1. The highest BCUT2D eigenvalue weighted by atomic mass is 35.5.